The lowest BCUT2D eigenvalue weighted by atomic mass is 9.97. The van der Waals surface area contributed by atoms with Crippen molar-refractivity contribution in [2.45, 2.75) is 33.0 Å². The van der Waals surface area contributed by atoms with Crippen LogP contribution >= 0.6 is 0 Å². The first kappa shape index (κ1) is 23.1. The van der Waals surface area contributed by atoms with Crippen LogP contribution in [0.5, 0.6) is 0 Å². The van der Waals surface area contributed by atoms with Crippen LogP contribution in [-0.4, -0.2) is 49.3 Å². The monoisotopic (exact) mass is 368 g/mol. The van der Waals surface area contributed by atoms with Crippen LogP contribution in [0.2, 0.25) is 0 Å². The lowest BCUT2D eigenvalue weighted by Crippen LogP contribution is -2.42. The summed E-state index contributed by atoms with van der Waals surface area (Å²) in [6.07, 6.45) is 0.224. The van der Waals surface area contributed by atoms with Crippen molar-refractivity contribution in [1.29, 1.82) is 0 Å². The predicted molar refractivity (Wildman–Crippen MR) is 91.7 cm³/mol. The van der Waals surface area contributed by atoms with E-state index in [2.05, 4.69) is 19.7 Å². The Labute approximate surface area is 152 Å². The number of carbonyl (C=O) groups is 4. The van der Waals surface area contributed by atoms with Gasteiger partial charge in [0.2, 0.25) is 0 Å². The Kier molecular flexibility index (Phi) is 9.65. The van der Waals surface area contributed by atoms with Gasteiger partial charge in [-0.05, 0) is 20.8 Å². The molecular weight excluding hydrogens is 344 g/mol. The van der Waals surface area contributed by atoms with Crippen LogP contribution in [0, 0.1) is 5.41 Å². The topological polar surface area (TPSA) is 105 Å². The third-order valence-electron chi connectivity index (χ3n) is 2.83. The Morgan fingerprint density at radius 2 is 1.15 bits per heavy atom. The first-order chi connectivity index (χ1) is 12.0. The van der Waals surface area contributed by atoms with E-state index < -0.39 is 54.7 Å². The van der Waals surface area contributed by atoms with Crippen molar-refractivity contribution in [3.8, 4) is 0 Å². The molecule has 26 heavy (non-hydrogen) atoms. The van der Waals surface area contributed by atoms with Crippen LogP contribution < -0.4 is 0 Å². The van der Waals surface area contributed by atoms with E-state index in [1.54, 1.807) is 20.8 Å². The molecule has 0 saturated heterocycles. The predicted octanol–water partition coefficient (Wildman–Crippen LogP) is 1.50. The molecule has 8 heteroatoms. The van der Waals surface area contributed by atoms with Gasteiger partial charge in [0.15, 0.2) is 12.2 Å². The van der Waals surface area contributed by atoms with Crippen molar-refractivity contribution >= 4 is 23.9 Å². The number of carbonyl (C=O) groups excluding carboxylic acids is 4. The zero-order chi connectivity index (χ0) is 20.3. The van der Waals surface area contributed by atoms with E-state index in [4.69, 9.17) is 18.9 Å². The van der Waals surface area contributed by atoms with Crippen LogP contribution in [0.3, 0.4) is 0 Å². The molecule has 0 bridgehead atoms. The zero-order valence-corrected chi connectivity index (χ0v) is 15.2. The highest BCUT2D eigenvalue weighted by atomic mass is 16.6. The summed E-state index contributed by atoms with van der Waals surface area (Å²) in [4.78, 5) is 46.3. The molecule has 2 atom stereocenters. The van der Waals surface area contributed by atoms with E-state index in [0.29, 0.717) is 0 Å². The average molecular weight is 368 g/mol. The second kappa shape index (κ2) is 10.9. The molecule has 0 rings (SSSR count). The van der Waals surface area contributed by atoms with Crippen LogP contribution in [0.25, 0.3) is 0 Å². The fourth-order valence-electron chi connectivity index (χ4n) is 1.43. The Hall–Kier alpha value is -2.90. The van der Waals surface area contributed by atoms with Gasteiger partial charge in [0.25, 0.3) is 0 Å². The molecule has 0 radical (unpaired) electrons. The first-order valence-corrected chi connectivity index (χ1v) is 7.67. The molecule has 0 aromatic heterocycles. The van der Waals surface area contributed by atoms with Gasteiger partial charge in [0.05, 0.1) is 5.41 Å². The normalized spacial score (nSPS) is 12.7. The van der Waals surface area contributed by atoms with Gasteiger partial charge in [-0.1, -0.05) is 19.7 Å². The standard InChI is InChI=1S/C18H24O8/c1-7-14(19)23-10-12(25-15(20)8-2)13(26-16(21)9-3)11-24-17(22)18(4,5)6/h7-9,12-13H,1-3,10-11H2,4-6H3. The molecule has 0 aliphatic heterocycles. The van der Waals surface area contributed by atoms with E-state index in [9.17, 15) is 19.2 Å². The molecule has 0 aromatic rings. The summed E-state index contributed by atoms with van der Waals surface area (Å²) < 4.78 is 20.1. The average Bonchev–Trinajstić information content (AvgIpc) is 2.59. The molecule has 0 heterocycles. The maximum atomic E-state index is 11.9. The van der Waals surface area contributed by atoms with E-state index in [1.165, 1.54) is 0 Å². The van der Waals surface area contributed by atoms with Gasteiger partial charge in [-0.15, -0.1) is 0 Å². The molecule has 0 spiro atoms. The second-order valence-electron chi connectivity index (χ2n) is 6.04. The van der Waals surface area contributed by atoms with Crippen LogP contribution in [0.4, 0.5) is 0 Å². The van der Waals surface area contributed by atoms with Crippen molar-refractivity contribution in [1.82, 2.24) is 0 Å². The quantitative estimate of drug-likeness (QED) is 0.324. The molecule has 144 valence electrons. The maximum absolute atomic E-state index is 11.9. The van der Waals surface area contributed by atoms with Gasteiger partial charge in [0, 0.05) is 18.2 Å². The van der Waals surface area contributed by atoms with Gasteiger partial charge >= 0.3 is 23.9 Å². The minimum atomic E-state index is -1.24. The number of ether oxygens (including phenoxy) is 4. The van der Waals surface area contributed by atoms with Gasteiger partial charge < -0.3 is 18.9 Å². The first-order valence-electron chi connectivity index (χ1n) is 7.67. The highest BCUT2D eigenvalue weighted by Gasteiger charge is 2.32. The lowest BCUT2D eigenvalue weighted by Gasteiger charge is -2.27. The van der Waals surface area contributed by atoms with Crippen LogP contribution in [0.15, 0.2) is 38.0 Å². The van der Waals surface area contributed by atoms with Crippen molar-refractivity contribution in [3.05, 3.63) is 38.0 Å². The van der Waals surface area contributed by atoms with Crippen LogP contribution in [0.1, 0.15) is 20.8 Å². The van der Waals surface area contributed by atoms with Crippen molar-refractivity contribution in [2.24, 2.45) is 5.41 Å². The Morgan fingerprint density at radius 1 is 0.769 bits per heavy atom. The maximum Gasteiger partial charge on any atom is 0.330 e. The Morgan fingerprint density at radius 3 is 1.50 bits per heavy atom. The van der Waals surface area contributed by atoms with Gasteiger partial charge in [-0.3, -0.25) is 4.79 Å². The summed E-state index contributed by atoms with van der Waals surface area (Å²) in [5.74, 6) is -3.01. The summed E-state index contributed by atoms with van der Waals surface area (Å²) in [6.45, 7) is 13.8. The fourth-order valence-corrected chi connectivity index (χ4v) is 1.43. The minimum Gasteiger partial charge on any atom is -0.461 e. The highest BCUT2D eigenvalue weighted by molar-refractivity contribution is 5.83. The SMILES string of the molecule is C=CC(=O)OCC(OC(=O)C=C)C(COC(=O)C(C)(C)C)OC(=O)C=C. The number of hydrogen-bond acceptors (Lipinski definition) is 8. The van der Waals surface area contributed by atoms with E-state index in [1.807, 2.05) is 0 Å². The zero-order valence-electron chi connectivity index (χ0n) is 15.2. The van der Waals surface area contributed by atoms with E-state index in [-0.39, 0.29) is 0 Å². The van der Waals surface area contributed by atoms with Crippen LogP contribution in [-0.2, 0) is 38.1 Å². The highest BCUT2D eigenvalue weighted by Crippen LogP contribution is 2.17. The Balaban J connectivity index is 5.34. The molecular formula is C18H24O8. The molecule has 0 N–H and O–H groups in total. The molecule has 2 unspecified atom stereocenters. The van der Waals surface area contributed by atoms with Crippen molar-refractivity contribution in [3.63, 3.8) is 0 Å². The molecule has 0 aliphatic rings. The third kappa shape index (κ3) is 8.81. The second-order valence-corrected chi connectivity index (χ2v) is 6.04. The number of esters is 4. The molecule has 0 aliphatic carbocycles. The largest absolute Gasteiger partial charge is 0.461 e. The summed E-state index contributed by atoms with van der Waals surface area (Å²) >= 11 is 0. The van der Waals surface area contributed by atoms with E-state index >= 15 is 0 Å². The lowest BCUT2D eigenvalue weighted by molar-refractivity contribution is -0.179. The van der Waals surface area contributed by atoms with Gasteiger partial charge in [0.1, 0.15) is 13.2 Å². The molecule has 0 amide bonds. The molecule has 0 saturated carbocycles. The summed E-state index contributed by atoms with van der Waals surface area (Å²) in [5, 5.41) is 0. The minimum absolute atomic E-state index is 0.420. The third-order valence-corrected chi connectivity index (χ3v) is 2.83. The van der Waals surface area contributed by atoms with E-state index in [0.717, 1.165) is 18.2 Å². The summed E-state index contributed by atoms with van der Waals surface area (Å²) in [6, 6.07) is 0. The summed E-state index contributed by atoms with van der Waals surface area (Å²) in [5.41, 5.74) is -0.796. The van der Waals surface area contributed by atoms with Crippen molar-refractivity contribution < 1.29 is 38.1 Å². The number of rotatable bonds is 10. The smallest absolute Gasteiger partial charge is 0.330 e. The summed E-state index contributed by atoms with van der Waals surface area (Å²) in [7, 11) is 0. The number of hydrogen-bond donors (Lipinski definition) is 0. The van der Waals surface area contributed by atoms with Gasteiger partial charge in [-0.2, -0.15) is 0 Å². The molecule has 8 nitrogen and oxygen atoms in total. The molecule has 0 fully saturated rings. The fraction of sp³-hybridized carbons (Fsp3) is 0.444. The van der Waals surface area contributed by atoms with Crippen molar-refractivity contribution in [2.75, 3.05) is 13.2 Å². The molecule has 0 aromatic carbocycles. The van der Waals surface area contributed by atoms with Gasteiger partial charge in [-0.25, -0.2) is 14.4 Å². The Bertz CT molecular complexity index is 570.